The molecule has 3 rings (SSSR count). The first kappa shape index (κ1) is 29.6. The molecule has 0 spiro atoms. The van der Waals surface area contributed by atoms with E-state index < -0.39 is 11.9 Å². The number of thiazole rings is 1. The third-order valence-electron chi connectivity index (χ3n) is 5.59. The summed E-state index contributed by atoms with van der Waals surface area (Å²) in [5, 5.41) is 14.4. The number of methoxy groups -OCH3 is 1. The number of halogens is 2. The van der Waals surface area contributed by atoms with Crippen molar-refractivity contribution in [1.29, 1.82) is 0 Å². The van der Waals surface area contributed by atoms with Crippen molar-refractivity contribution in [2.45, 2.75) is 40.7 Å². The minimum Gasteiger partial charge on any atom is -0.496 e. The highest BCUT2D eigenvalue weighted by molar-refractivity contribution is 7.14. The molecular weight excluding hydrogens is 547 g/mol. The number of rotatable bonds is 10. The number of aliphatic carboxylic acids is 1. The molecule has 1 aromatic heterocycles. The highest BCUT2D eigenvalue weighted by Crippen LogP contribution is 2.36. The lowest BCUT2D eigenvalue weighted by molar-refractivity contribution is -0.132. The second-order valence-corrected chi connectivity index (χ2v) is 11.5. The summed E-state index contributed by atoms with van der Waals surface area (Å²) in [6.07, 6.45) is 2.31. The summed E-state index contributed by atoms with van der Waals surface area (Å²) < 4.78 is 11.6. The van der Waals surface area contributed by atoms with Gasteiger partial charge in [-0.3, -0.25) is 10.1 Å². The van der Waals surface area contributed by atoms with E-state index in [-0.39, 0.29) is 26.6 Å². The first-order chi connectivity index (χ1) is 17.9. The Labute approximate surface area is 236 Å². The Morgan fingerprint density at radius 3 is 2.47 bits per heavy atom. The molecular formula is C28H30Cl2N2O5S. The van der Waals surface area contributed by atoms with Gasteiger partial charge in [0.2, 0.25) is 0 Å². The molecule has 0 aliphatic heterocycles. The number of carboxylic acids is 1. The van der Waals surface area contributed by atoms with Crippen molar-refractivity contribution in [2.75, 3.05) is 19.0 Å². The number of benzene rings is 2. The molecule has 1 heterocycles. The summed E-state index contributed by atoms with van der Waals surface area (Å²) in [6.45, 7) is 9.02. The lowest BCUT2D eigenvalue weighted by Crippen LogP contribution is -2.12. The lowest BCUT2D eigenvalue weighted by Gasteiger charge is -2.18. The summed E-state index contributed by atoms with van der Waals surface area (Å²) in [5.41, 5.74) is 3.16. The van der Waals surface area contributed by atoms with Crippen molar-refractivity contribution in [1.82, 2.24) is 4.98 Å². The number of para-hydroxylation sites is 1. The van der Waals surface area contributed by atoms with Crippen LogP contribution in [0.1, 0.15) is 55.6 Å². The first-order valence-corrected chi connectivity index (χ1v) is 13.4. The van der Waals surface area contributed by atoms with Crippen LogP contribution in [0.15, 0.2) is 41.3 Å². The van der Waals surface area contributed by atoms with Crippen LogP contribution in [0.25, 0.3) is 17.3 Å². The van der Waals surface area contributed by atoms with Crippen LogP contribution in [-0.4, -0.2) is 35.7 Å². The summed E-state index contributed by atoms with van der Waals surface area (Å²) >= 11 is 13.9. The molecule has 0 bridgehead atoms. The number of hydrogen-bond donors (Lipinski definition) is 2. The van der Waals surface area contributed by atoms with Crippen molar-refractivity contribution in [3.05, 3.63) is 68.0 Å². The molecule has 0 saturated carbocycles. The standard InChI is InChI=1S/C28H30Cl2N2O5S/c1-16(26(34)35)11-20-21(29)12-18(13-22(20)30)25(33)32-27-31-23(15-38-27)19-8-6-7-17(24(19)36-5)14-37-10-9-28(2,3)4/h6-8,11-13,15H,9-10,14H2,1-5H3,(H,34,35)(H,31,32,33). The summed E-state index contributed by atoms with van der Waals surface area (Å²) in [5.74, 6) is -0.868. The van der Waals surface area contributed by atoms with Gasteiger partial charge in [0.1, 0.15) is 5.75 Å². The van der Waals surface area contributed by atoms with E-state index in [9.17, 15) is 9.59 Å². The van der Waals surface area contributed by atoms with Gasteiger partial charge in [0.25, 0.3) is 5.91 Å². The number of nitrogens with one attached hydrogen (secondary N) is 1. The topological polar surface area (TPSA) is 97.8 Å². The van der Waals surface area contributed by atoms with Crippen molar-refractivity contribution < 1.29 is 24.2 Å². The number of ether oxygens (including phenoxy) is 2. The number of anilines is 1. The number of nitrogens with zero attached hydrogens (tertiary/aromatic N) is 1. The van der Waals surface area contributed by atoms with Crippen molar-refractivity contribution in [3.63, 3.8) is 0 Å². The van der Waals surface area contributed by atoms with E-state index in [1.807, 2.05) is 23.6 Å². The van der Waals surface area contributed by atoms with Crippen molar-refractivity contribution >= 4 is 57.6 Å². The lowest BCUT2D eigenvalue weighted by atomic mass is 9.93. The average Bonchev–Trinajstić information content (AvgIpc) is 3.31. The summed E-state index contributed by atoms with van der Waals surface area (Å²) in [4.78, 5) is 28.6. The van der Waals surface area contributed by atoms with Crippen molar-refractivity contribution in [2.24, 2.45) is 5.41 Å². The zero-order valence-electron chi connectivity index (χ0n) is 21.9. The van der Waals surface area contributed by atoms with Crippen LogP contribution < -0.4 is 10.1 Å². The average molecular weight is 578 g/mol. The molecule has 1 amide bonds. The molecule has 0 aliphatic carbocycles. The quantitative estimate of drug-likeness (QED) is 0.188. The molecule has 0 fully saturated rings. The molecule has 0 saturated heterocycles. The molecule has 3 aromatic rings. The minimum atomic E-state index is -1.09. The van der Waals surface area contributed by atoms with Crippen LogP contribution in [0.3, 0.4) is 0 Å². The van der Waals surface area contributed by atoms with Crippen molar-refractivity contribution in [3.8, 4) is 17.0 Å². The van der Waals surface area contributed by atoms with Crippen LogP contribution in [0.4, 0.5) is 5.13 Å². The Kier molecular flexibility index (Phi) is 9.95. The highest BCUT2D eigenvalue weighted by Gasteiger charge is 2.18. The second-order valence-electron chi connectivity index (χ2n) is 9.84. The molecule has 0 radical (unpaired) electrons. The number of carbonyl (C=O) groups excluding carboxylic acids is 1. The van der Waals surface area contributed by atoms with Gasteiger partial charge in [-0.1, -0.05) is 56.1 Å². The smallest absolute Gasteiger partial charge is 0.331 e. The molecule has 2 aromatic carbocycles. The monoisotopic (exact) mass is 576 g/mol. The van der Waals surface area contributed by atoms with Gasteiger partial charge in [-0.25, -0.2) is 9.78 Å². The fourth-order valence-electron chi connectivity index (χ4n) is 3.46. The van der Waals surface area contributed by atoms with Gasteiger partial charge in [0, 0.05) is 39.8 Å². The van der Waals surface area contributed by atoms with E-state index in [0.717, 1.165) is 17.5 Å². The Bertz CT molecular complexity index is 1340. The van der Waals surface area contributed by atoms with Gasteiger partial charge in [-0.05, 0) is 43.0 Å². The van der Waals surface area contributed by atoms with E-state index in [1.165, 1.54) is 36.5 Å². The molecule has 38 heavy (non-hydrogen) atoms. The number of carbonyl (C=O) groups is 2. The zero-order valence-corrected chi connectivity index (χ0v) is 24.2. The Morgan fingerprint density at radius 1 is 1.18 bits per heavy atom. The van der Waals surface area contributed by atoms with E-state index in [2.05, 4.69) is 31.1 Å². The maximum Gasteiger partial charge on any atom is 0.331 e. The first-order valence-electron chi connectivity index (χ1n) is 11.8. The fraction of sp³-hybridized carbons (Fsp3) is 0.321. The van der Waals surface area contributed by atoms with Gasteiger partial charge in [0.15, 0.2) is 5.13 Å². The number of aromatic nitrogens is 1. The van der Waals surface area contributed by atoms with E-state index in [4.69, 9.17) is 37.8 Å². The second kappa shape index (κ2) is 12.8. The van der Waals surface area contributed by atoms with Crippen LogP contribution >= 0.6 is 34.5 Å². The normalized spacial score (nSPS) is 11.9. The van der Waals surface area contributed by atoms with E-state index >= 15 is 0 Å². The van der Waals surface area contributed by atoms with Gasteiger partial charge in [-0.2, -0.15) is 0 Å². The van der Waals surface area contributed by atoms with E-state index in [0.29, 0.717) is 35.4 Å². The Hall–Kier alpha value is -2.91. The molecule has 202 valence electrons. The Balaban J connectivity index is 1.76. The predicted octanol–water partition coefficient (Wildman–Crippen LogP) is 7.82. The zero-order chi connectivity index (χ0) is 28.0. The fourth-order valence-corrected chi connectivity index (χ4v) is 4.76. The number of amides is 1. The molecule has 0 unspecified atom stereocenters. The third kappa shape index (κ3) is 7.80. The SMILES string of the molecule is COc1c(COCCC(C)(C)C)cccc1-c1csc(NC(=O)c2cc(Cl)c(C=C(C)C(=O)O)c(Cl)c2)n1. The highest BCUT2D eigenvalue weighted by atomic mass is 35.5. The van der Waals surface area contributed by atoms with Gasteiger partial charge in [0.05, 0.1) is 29.5 Å². The number of hydrogen-bond acceptors (Lipinski definition) is 6. The Morgan fingerprint density at radius 2 is 1.87 bits per heavy atom. The molecule has 2 N–H and O–H groups in total. The molecule has 7 nitrogen and oxygen atoms in total. The van der Waals surface area contributed by atoms with Crippen LogP contribution in [0, 0.1) is 5.41 Å². The van der Waals surface area contributed by atoms with Crippen LogP contribution in [0.2, 0.25) is 10.0 Å². The van der Waals surface area contributed by atoms with Crippen LogP contribution in [-0.2, 0) is 16.1 Å². The van der Waals surface area contributed by atoms with Gasteiger partial charge in [-0.15, -0.1) is 11.3 Å². The maximum absolute atomic E-state index is 12.9. The van der Waals surface area contributed by atoms with E-state index in [1.54, 1.807) is 7.11 Å². The maximum atomic E-state index is 12.9. The van der Waals surface area contributed by atoms with Gasteiger partial charge < -0.3 is 14.6 Å². The summed E-state index contributed by atoms with van der Waals surface area (Å²) in [7, 11) is 1.61. The van der Waals surface area contributed by atoms with Gasteiger partial charge >= 0.3 is 5.97 Å². The molecule has 0 aliphatic rings. The predicted molar refractivity (Wildman–Crippen MR) is 154 cm³/mol. The third-order valence-corrected chi connectivity index (χ3v) is 6.98. The molecule has 0 atom stereocenters. The summed E-state index contributed by atoms with van der Waals surface area (Å²) in [6, 6.07) is 8.65. The molecule has 10 heteroatoms. The number of carboxylic acid groups (broad SMARTS) is 1. The largest absolute Gasteiger partial charge is 0.496 e. The minimum absolute atomic E-state index is 0.0669. The van der Waals surface area contributed by atoms with Crippen LogP contribution in [0.5, 0.6) is 5.75 Å².